The van der Waals surface area contributed by atoms with Crippen molar-refractivity contribution in [3.8, 4) is 11.3 Å². The molecule has 1 amide bonds. The average molecular weight is 329 g/mol. The molecule has 0 radical (unpaired) electrons. The van der Waals surface area contributed by atoms with E-state index in [-0.39, 0.29) is 5.91 Å². The predicted octanol–water partition coefficient (Wildman–Crippen LogP) is 4.90. The minimum atomic E-state index is 0.0666. The van der Waals surface area contributed by atoms with Crippen LogP contribution in [0.25, 0.3) is 11.3 Å². The van der Waals surface area contributed by atoms with Crippen molar-refractivity contribution in [1.29, 1.82) is 0 Å². The van der Waals surface area contributed by atoms with E-state index < -0.39 is 0 Å². The Morgan fingerprint density at radius 3 is 2.70 bits per heavy atom. The molecule has 23 heavy (non-hydrogen) atoms. The molecule has 0 unspecified atom stereocenters. The summed E-state index contributed by atoms with van der Waals surface area (Å²) in [5.41, 5.74) is 2.91. The average Bonchev–Trinajstić information content (AvgIpc) is 3.21. The van der Waals surface area contributed by atoms with Crippen molar-refractivity contribution in [3.63, 3.8) is 0 Å². The standard InChI is InChI=1S/C18H23N3OS/c1-2-5-17(22)19-15-10-8-13(9-11-15)16-12-23-18(21-16)20-14-6-3-4-7-14/h8-12,14H,2-7H2,1H3,(H,19,22)(H,20,21). The lowest BCUT2D eigenvalue weighted by Crippen LogP contribution is -2.13. The van der Waals surface area contributed by atoms with E-state index in [0.29, 0.717) is 12.5 Å². The second-order valence-corrected chi connectivity index (χ2v) is 6.90. The fourth-order valence-corrected chi connectivity index (χ4v) is 3.69. The van der Waals surface area contributed by atoms with Gasteiger partial charge >= 0.3 is 0 Å². The Labute approximate surface area is 141 Å². The topological polar surface area (TPSA) is 54.0 Å². The van der Waals surface area contributed by atoms with E-state index in [9.17, 15) is 4.79 Å². The highest BCUT2D eigenvalue weighted by molar-refractivity contribution is 7.14. The summed E-state index contributed by atoms with van der Waals surface area (Å²) < 4.78 is 0. The first-order chi connectivity index (χ1) is 11.2. The fourth-order valence-electron chi connectivity index (χ4n) is 2.89. The Morgan fingerprint density at radius 1 is 1.26 bits per heavy atom. The summed E-state index contributed by atoms with van der Waals surface area (Å²) in [6.45, 7) is 2.00. The fraction of sp³-hybridized carbons (Fsp3) is 0.444. The van der Waals surface area contributed by atoms with E-state index >= 15 is 0 Å². The highest BCUT2D eigenvalue weighted by Crippen LogP contribution is 2.28. The highest BCUT2D eigenvalue weighted by atomic mass is 32.1. The molecule has 0 spiro atoms. The Kier molecular flexibility index (Phi) is 5.28. The molecule has 5 heteroatoms. The normalized spacial score (nSPS) is 14.8. The number of anilines is 2. The summed E-state index contributed by atoms with van der Waals surface area (Å²) >= 11 is 1.66. The maximum atomic E-state index is 11.6. The number of aromatic nitrogens is 1. The molecule has 0 saturated heterocycles. The Bertz CT molecular complexity index is 645. The zero-order valence-electron chi connectivity index (χ0n) is 13.5. The zero-order valence-corrected chi connectivity index (χ0v) is 14.3. The van der Waals surface area contributed by atoms with Crippen molar-refractivity contribution in [3.05, 3.63) is 29.6 Å². The van der Waals surface area contributed by atoms with Gasteiger partial charge in [-0.05, 0) is 31.4 Å². The molecule has 1 aromatic carbocycles. The van der Waals surface area contributed by atoms with Crippen LogP contribution in [0.2, 0.25) is 0 Å². The maximum absolute atomic E-state index is 11.6. The molecule has 2 aromatic rings. The van der Waals surface area contributed by atoms with Crippen LogP contribution in [-0.2, 0) is 4.79 Å². The molecule has 122 valence electrons. The van der Waals surface area contributed by atoms with Gasteiger partial charge < -0.3 is 10.6 Å². The summed E-state index contributed by atoms with van der Waals surface area (Å²) in [7, 11) is 0. The van der Waals surface area contributed by atoms with Gasteiger partial charge in [0.1, 0.15) is 0 Å². The Balaban J connectivity index is 1.62. The summed E-state index contributed by atoms with van der Waals surface area (Å²) in [6, 6.07) is 8.48. The monoisotopic (exact) mass is 329 g/mol. The minimum Gasteiger partial charge on any atom is -0.359 e. The third kappa shape index (κ3) is 4.32. The highest BCUT2D eigenvalue weighted by Gasteiger charge is 2.16. The molecular weight excluding hydrogens is 306 g/mol. The van der Waals surface area contributed by atoms with Gasteiger partial charge in [-0.15, -0.1) is 11.3 Å². The molecule has 1 heterocycles. The van der Waals surface area contributed by atoms with Crippen LogP contribution in [0.1, 0.15) is 45.4 Å². The third-order valence-corrected chi connectivity index (χ3v) is 4.90. The molecule has 1 saturated carbocycles. The number of nitrogens with zero attached hydrogens (tertiary/aromatic N) is 1. The third-order valence-electron chi connectivity index (χ3n) is 4.13. The van der Waals surface area contributed by atoms with E-state index in [1.165, 1.54) is 25.7 Å². The van der Waals surface area contributed by atoms with Gasteiger partial charge in [0.25, 0.3) is 0 Å². The van der Waals surface area contributed by atoms with Gasteiger partial charge in [0.2, 0.25) is 5.91 Å². The molecule has 1 aliphatic rings. The molecule has 1 aromatic heterocycles. The van der Waals surface area contributed by atoms with Crippen molar-refractivity contribution >= 4 is 28.1 Å². The van der Waals surface area contributed by atoms with Crippen molar-refractivity contribution < 1.29 is 4.79 Å². The Hall–Kier alpha value is -1.88. The van der Waals surface area contributed by atoms with E-state index in [2.05, 4.69) is 21.0 Å². The van der Waals surface area contributed by atoms with Crippen LogP contribution in [0, 0.1) is 0 Å². The second kappa shape index (κ2) is 7.59. The molecule has 2 N–H and O–H groups in total. The zero-order chi connectivity index (χ0) is 16.1. The summed E-state index contributed by atoms with van der Waals surface area (Å²) in [5.74, 6) is 0.0666. The first-order valence-corrected chi connectivity index (χ1v) is 9.25. The van der Waals surface area contributed by atoms with Crippen molar-refractivity contribution in [2.75, 3.05) is 10.6 Å². The second-order valence-electron chi connectivity index (χ2n) is 6.04. The van der Waals surface area contributed by atoms with Crippen LogP contribution in [0.5, 0.6) is 0 Å². The smallest absolute Gasteiger partial charge is 0.224 e. The first-order valence-electron chi connectivity index (χ1n) is 8.37. The van der Waals surface area contributed by atoms with Gasteiger partial charge in [0.15, 0.2) is 5.13 Å². The summed E-state index contributed by atoms with van der Waals surface area (Å²) in [4.78, 5) is 16.3. The van der Waals surface area contributed by atoms with Crippen molar-refractivity contribution in [1.82, 2.24) is 4.98 Å². The van der Waals surface area contributed by atoms with Gasteiger partial charge in [-0.3, -0.25) is 4.79 Å². The first kappa shape index (κ1) is 16.0. The van der Waals surface area contributed by atoms with Gasteiger partial charge in [-0.25, -0.2) is 4.98 Å². The predicted molar refractivity (Wildman–Crippen MR) is 97.0 cm³/mol. The number of carbonyl (C=O) groups excluding carboxylic acids is 1. The number of hydrogen-bond donors (Lipinski definition) is 2. The summed E-state index contributed by atoms with van der Waals surface area (Å²) in [6.07, 6.45) is 6.56. The van der Waals surface area contributed by atoms with Crippen molar-refractivity contribution in [2.45, 2.75) is 51.5 Å². The molecular formula is C18H23N3OS. The summed E-state index contributed by atoms with van der Waals surface area (Å²) in [5, 5.41) is 9.53. The molecule has 0 bridgehead atoms. The number of nitrogens with one attached hydrogen (secondary N) is 2. The van der Waals surface area contributed by atoms with E-state index in [4.69, 9.17) is 0 Å². The lowest BCUT2D eigenvalue weighted by molar-refractivity contribution is -0.116. The number of hydrogen-bond acceptors (Lipinski definition) is 4. The van der Waals surface area contributed by atoms with Crippen LogP contribution in [0.3, 0.4) is 0 Å². The molecule has 1 aliphatic carbocycles. The Morgan fingerprint density at radius 2 is 2.00 bits per heavy atom. The number of benzene rings is 1. The van der Waals surface area contributed by atoms with Crippen LogP contribution >= 0.6 is 11.3 Å². The van der Waals surface area contributed by atoms with Crippen molar-refractivity contribution in [2.24, 2.45) is 0 Å². The van der Waals surface area contributed by atoms with Crippen LogP contribution in [-0.4, -0.2) is 16.9 Å². The minimum absolute atomic E-state index is 0.0666. The molecule has 0 atom stereocenters. The molecule has 1 fully saturated rings. The van der Waals surface area contributed by atoms with Gasteiger partial charge in [-0.1, -0.05) is 31.9 Å². The molecule has 3 rings (SSSR count). The quantitative estimate of drug-likeness (QED) is 0.792. The molecule has 0 aliphatic heterocycles. The maximum Gasteiger partial charge on any atom is 0.224 e. The number of thiazole rings is 1. The van der Waals surface area contributed by atoms with Gasteiger partial charge in [-0.2, -0.15) is 0 Å². The lowest BCUT2D eigenvalue weighted by atomic mass is 10.1. The van der Waals surface area contributed by atoms with Crippen LogP contribution in [0.15, 0.2) is 29.6 Å². The number of rotatable bonds is 6. The van der Waals surface area contributed by atoms with Crippen LogP contribution < -0.4 is 10.6 Å². The van der Waals surface area contributed by atoms with E-state index in [1.54, 1.807) is 11.3 Å². The van der Waals surface area contributed by atoms with Crippen LogP contribution in [0.4, 0.5) is 10.8 Å². The largest absolute Gasteiger partial charge is 0.359 e. The van der Waals surface area contributed by atoms with Gasteiger partial charge in [0.05, 0.1) is 5.69 Å². The van der Waals surface area contributed by atoms with Gasteiger partial charge in [0, 0.05) is 29.1 Å². The van der Waals surface area contributed by atoms with E-state index in [0.717, 1.165) is 28.5 Å². The molecule has 4 nitrogen and oxygen atoms in total. The lowest BCUT2D eigenvalue weighted by Gasteiger charge is -2.09. The number of amides is 1. The SMILES string of the molecule is CCCC(=O)Nc1ccc(-c2csc(NC3CCCC3)n2)cc1. The van der Waals surface area contributed by atoms with E-state index in [1.807, 2.05) is 31.2 Å². The number of carbonyl (C=O) groups is 1.